The molecule has 2 aromatic rings. The molecule has 1 amide bonds. The number of aryl methyl sites for hydroxylation is 1. The Morgan fingerprint density at radius 3 is 2.56 bits per heavy atom. The van der Waals surface area contributed by atoms with Gasteiger partial charge < -0.3 is 10.6 Å². The maximum atomic E-state index is 13.7. The highest BCUT2D eigenvalue weighted by Crippen LogP contribution is 2.42. The number of carbonyl (C=O) groups is 1. The molecule has 0 spiro atoms. The average molecular weight is 479 g/mol. The number of nitrogens with zero attached hydrogens (tertiary/aromatic N) is 4. The zero-order chi connectivity index (χ0) is 22.3. The second-order valence-corrected chi connectivity index (χ2v) is 10.3. The largest absolute Gasteiger partial charge is 0.328 e. The Hall–Kier alpha value is -1.46. The molecule has 5 unspecified atom stereocenters. The van der Waals surface area contributed by atoms with Gasteiger partial charge in [0, 0.05) is 32.2 Å². The zero-order valence-corrected chi connectivity index (χ0v) is 19.6. The quantitative estimate of drug-likeness (QED) is 0.515. The summed E-state index contributed by atoms with van der Waals surface area (Å²) >= 11 is 13.2. The highest BCUT2D eigenvalue weighted by molar-refractivity contribution is 6.42. The molecule has 2 bridgehead atoms. The molecule has 1 aromatic carbocycles. The fourth-order valence-electron chi connectivity index (χ4n) is 6.29. The molecule has 5 heterocycles. The van der Waals surface area contributed by atoms with Gasteiger partial charge in [-0.2, -0.15) is 5.10 Å². The van der Waals surface area contributed by atoms with E-state index >= 15 is 0 Å². The molecule has 4 aliphatic heterocycles. The lowest BCUT2D eigenvalue weighted by Gasteiger charge is -2.50. The van der Waals surface area contributed by atoms with Gasteiger partial charge in [-0.1, -0.05) is 29.3 Å². The number of rotatable bonds is 2. The smallest absolute Gasteiger partial charge is 0.232 e. The first-order valence-corrected chi connectivity index (χ1v) is 12.0. The first kappa shape index (κ1) is 21.1. The van der Waals surface area contributed by atoms with Gasteiger partial charge in [-0.05, 0) is 37.3 Å². The second-order valence-electron chi connectivity index (χ2n) is 9.60. The van der Waals surface area contributed by atoms with Crippen LogP contribution in [0.1, 0.15) is 37.3 Å². The molecule has 11 heteroatoms. The van der Waals surface area contributed by atoms with Crippen LogP contribution in [0.5, 0.6) is 0 Å². The van der Waals surface area contributed by atoms with E-state index in [9.17, 15) is 4.79 Å². The predicted molar refractivity (Wildman–Crippen MR) is 123 cm³/mol. The van der Waals surface area contributed by atoms with Crippen molar-refractivity contribution in [2.75, 3.05) is 7.05 Å². The normalized spacial score (nSPS) is 37.5. The number of halogens is 2. The molecule has 4 fully saturated rings. The third-order valence-corrected chi connectivity index (χ3v) is 8.62. The second kappa shape index (κ2) is 7.53. The monoisotopic (exact) mass is 478 g/mol. The predicted octanol–water partition coefficient (Wildman–Crippen LogP) is 1.27. The maximum absolute atomic E-state index is 13.7. The van der Waals surface area contributed by atoms with E-state index in [-0.39, 0.29) is 36.4 Å². The Bertz CT molecular complexity index is 1080. The molecule has 6 rings (SSSR count). The summed E-state index contributed by atoms with van der Waals surface area (Å²) in [6.45, 7) is 0. The molecule has 1 aromatic heterocycles. The summed E-state index contributed by atoms with van der Waals surface area (Å²) in [6, 6.07) is 4.64. The van der Waals surface area contributed by atoms with Gasteiger partial charge in [-0.15, -0.1) is 0 Å². The lowest BCUT2D eigenvalue weighted by atomic mass is 9.89. The van der Waals surface area contributed by atoms with Crippen LogP contribution < -0.4 is 21.9 Å². The summed E-state index contributed by atoms with van der Waals surface area (Å²) in [7, 11) is 3.68. The first-order chi connectivity index (χ1) is 15.3. The van der Waals surface area contributed by atoms with E-state index in [0.717, 1.165) is 36.8 Å². The van der Waals surface area contributed by atoms with Gasteiger partial charge in [0.05, 0.1) is 34.1 Å². The molecule has 0 aliphatic carbocycles. The van der Waals surface area contributed by atoms with Crippen LogP contribution in [0.2, 0.25) is 10.2 Å². The molecule has 0 radical (unpaired) electrons. The number of amides is 1. The number of aromatic nitrogens is 2. The Balaban J connectivity index is 1.30. The molecule has 9 nitrogen and oxygen atoms in total. The summed E-state index contributed by atoms with van der Waals surface area (Å²) in [6.07, 6.45) is 3.90. The summed E-state index contributed by atoms with van der Waals surface area (Å²) in [4.78, 5) is 18.0. The molecule has 5 N–H and O–H groups in total. The number of hydrazine groups is 1. The van der Waals surface area contributed by atoms with Gasteiger partial charge in [-0.25, -0.2) is 10.9 Å². The number of fused-ring (bicyclic) bond motifs is 4. The highest BCUT2D eigenvalue weighted by Gasteiger charge is 2.53. The van der Waals surface area contributed by atoms with E-state index in [1.165, 1.54) is 0 Å². The van der Waals surface area contributed by atoms with E-state index < -0.39 is 0 Å². The summed E-state index contributed by atoms with van der Waals surface area (Å²) in [5.41, 5.74) is 14.5. The average Bonchev–Trinajstić information content (AvgIpc) is 3.38. The maximum Gasteiger partial charge on any atom is 0.232 e. The van der Waals surface area contributed by atoms with Gasteiger partial charge >= 0.3 is 0 Å². The Morgan fingerprint density at radius 2 is 1.84 bits per heavy atom. The van der Waals surface area contributed by atoms with Crippen molar-refractivity contribution >= 4 is 40.0 Å². The van der Waals surface area contributed by atoms with Crippen molar-refractivity contribution < 1.29 is 4.79 Å². The van der Waals surface area contributed by atoms with Crippen molar-refractivity contribution in [1.29, 1.82) is 0 Å². The fourth-order valence-corrected chi connectivity index (χ4v) is 6.94. The van der Waals surface area contributed by atoms with E-state index in [0.29, 0.717) is 27.6 Å². The fraction of sp³-hybridized carbons (Fsp3) is 0.619. The molecule has 7 atom stereocenters. The van der Waals surface area contributed by atoms with Crippen LogP contribution >= 0.6 is 23.2 Å². The van der Waals surface area contributed by atoms with E-state index in [1.54, 1.807) is 11.7 Å². The zero-order valence-electron chi connectivity index (χ0n) is 18.1. The van der Waals surface area contributed by atoms with Crippen LogP contribution in [-0.2, 0) is 11.8 Å². The molecule has 32 heavy (non-hydrogen) atoms. The Morgan fingerprint density at radius 1 is 1.12 bits per heavy atom. The molecular weight excluding hydrogens is 451 g/mol. The standard InChI is InChI=1S/C21H28Cl2N8O/c1-29-20(32)15-17(12-5-6-13-14(16(12)22)18(23)30(2)28-13)26-27-19(15)25-21(29)31-10-3-4-11(31)8-9(24)7-10/h5-6,9-11,15,17,19,21,25-27H,3-4,7-8,24H2,1-2H3/t9?,10-,11+,15?,17?,19?,21?. The van der Waals surface area contributed by atoms with Crippen molar-refractivity contribution in [1.82, 2.24) is 35.7 Å². The number of nitrogens with one attached hydrogen (secondary N) is 3. The van der Waals surface area contributed by atoms with Crippen LogP contribution in [-0.4, -0.2) is 63.1 Å². The van der Waals surface area contributed by atoms with Crippen LogP contribution in [0.4, 0.5) is 0 Å². The number of hydrogen-bond donors (Lipinski definition) is 4. The van der Waals surface area contributed by atoms with Gasteiger partial charge in [0.15, 0.2) is 0 Å². The third kappa shape index (κ3) is 2.96. The van der Waals surface area contributed by atoms with Crippen molar-refractivity contribution in [3.05, 3.63) is 27.9 Å². The SMILES string of the molecule is CN1C(=O)C2C(NNC2c2ccc3nn(C)c(Cl)c3c2Cl)NC1N1[C@@H]2CC[C@H]1CC(N)C2. The van der Waals surface area contributed by atoms with Crippen molar-refractivity contribution in [3.63, 3.8) is 0 Å². The molecule has 172 valence electrons. The van der Waals surface area contributed by atoms with Gasteiger partial charge in [0.25, 0.3) is 0 Å². The summed E-state index contributed by atoms with van der Waals surface area (Å²) in [5.74, 6) is -0.254. The number of nitrogens with two attached hydrogens (primary N) is 1. The number of piperidine rings is 1. The van der Waals surface area contributed by atoms with Crippen LogP contribution in [0.3, 0.4) is 0 Å². The molecule has 4 aliphatic rings. The minimum Gasteiger partial charge on any atom is -0.328 e. The van der Waals surface area contributed by atoms with Gasteiger partial charge in [0.2, 0.25) is 5.91 Å². The van der Waals surface area contributed by atoms with Gasteiger partial charge in [0.1, 0.15) is 11.4 Å². The minimum atomic E-state index is -0.341. The van der Waals surface area contributed by atoms with E-state index in [1.807, 2.05) is 24.1 Å². The van der Waals surface area contributed by atoms with E-state index in [2.05, 4.69) is 26.2 Å². The van der Waals surface area contributed by atoms with Gasteiger partial charge in [-0.3, -0.25) is 19.7 Å². The van der Waals surface area contributed by atoms with Crippen LogP contribution in [0.15, 0.2) is 12.1 Å². The molecular formula is C21H28Cl2N8O. The Kier molecular flexibility index (Phi) is 4.96. The topological polar surface area (TPSA) is 103 Å². The van der Waals surface area contributed by atoms with Crippen LogP contribution in [0, 0.1) is 5.92 Å². The number of carbonyl (C=O) groups excluding carboxylic acids is 1. The third-order valence-electron chi connectivity index (χ3n) is 7.78. The summed E-state index contributed by atoms with van der Waals surface area (Å²) in [5, 5.41) is 9.81. The Labute approximate surface area is 196 Å². The minimum absolute atomic E-state index is 0.0870. The first-order valence-electron chi connectivity index (χ1n) is 11.2. The van der Waals surface area contributed by atoms with Crippen LogP contribution in [0.25, 0.3) is 10.9 Å². The highest BCUT2D eigenvalue weighted by atomic mass is 35.5. The number of hydrogen-bond acceptors (Lipinski definition) is 7. The van der Waals surface area contributed by atoms with Crippen molar-refractivity contribution in [2.24, 2.45) is 18.7 Å². The van der Waals surface area contributed by atoms with E-state index in [4.69, 9.17) is 28.9 Å². The lowest BCUT2D eigenvalue weighted by Crippen LogP contribution is -2.71. The van der Waals surface area contributed by atoms with Crippen molar-refractivity contribution in [2.45, 2.75) is 62.3 Å². The summed E-state index contributed by atoms with van der Waals surface area (Å²) < 4.78 is 1.61. The number of benzene rings is 1. The van der Waals surface area contributed by atoms with Crippen molar-refractivity contribution in [3.8, 4) is 0 Å². The molecule has 4 saturated heterocycles. The molecule has 0 saturated carbocycles. The lowest BCUT2D eigenvalue weighted by molar-refractivity contribution is -0.153.